The van der Waals surface area contributed by atoms with Crippen molar-refractivity contribution in [2.75, 3.05) is 18.5 Å². The number of fused-ring (bicyclic) bond motifs is 2. The van der Waals surface area contributed by atoms with Crippen LogP contribution in [0, 0.1) is 0 Å². The van der Waals surface area contributed by atoms with Crippen LogP contribution in [0.3, 0.4) is 0 Å². The average Bonchev–Trinajstić information content (AvgIpc) is 3.01. The van der Waals surface area contributed by atoms with Crippen LogP contribution in [-0.2, 0) is 11.3 Å². The summed E-state index contributed by atoms with van der Waals surface area (Å²) in [4.78, 5) is 24.3. The van der Waals surface area contributed by atoms with E-state index in [1.165, 1.54) is 17.4 Å². The second-order valence-electron chi connectivity index (χ2n) is 5.82. The summed E-state index contributed by atoms with van der Waals surface area (Å²) < 4.78 is 13.6. The Hall–Kier alpha value is -2.51. The van der Waals surface area contributed by atoms with Gasteiger partial charge in [0.1, 0.15) is 6.54 Å². The fourth-order valence-electron chi connectivity index (χ4n) is 2.79. The summed E-state index contributed by atoms with van der Waals surface area (Å²) in [6.07, 6.45) is 2.41. The van der Waals surface area contributed by atoms with Gasteiger partial charge < -0.3 is 19.4 Å². The number of hydrogen-bond acceptors (Lipinski definition) is 5. The van der Waals surface area contributed by atoms with Gasteiger partial charge >= 0.3 is 0 Å². The second-order valence-corrected chi connectivity index (χ2v) is 7.14. The van der Waals surface area contributed by atoms with Crippen LogP contribution in [0.2, 0.25) is 5.02 Å². The molecule has 1 N–H and O–H groups in total. The summed E-state index contributed by atoms with van der Waals surface area (Å²) in [7, 11) is 0. The molecule has 4 rings (SSSR count). The van der Waals surface area contributed by atoms with Gasteiger partial charge in [-0.1, -0.05) is 11.6 Å². The van der Waals surface area contributed by atoms with E-state index in [1.807, 2.05) is 11.4 Å². The van der Waals surface area contributed by atoms with Gasteiger partial charge in [-0.15, -0.1) is 11.3 Å². The summed E-state index contributed by atoms with van der Waals surface area (Å²) in [5.74, 6) is 0.884. The van der Waals surface area contributed by atoms with Crippen molar-refractivity contribution in [1.29, 1.82) is 0 Å². The molecule has 0 saturated carbocycles. The highest BCUT2D eigenvalue weighted by Crippen LogP contribution is 2.37. The van der Waals surface area contributed by atoms with E-state index in [1.54, 1.807) is 22.9 Å². The number of carbonyl (C=O) groups excluding carboxylic acids is 1. The Morgan fingerprint density at radius 3 is 2.81 bits per heavy atom. The minimum Gasteiger partial charge on any atom is -0.490 e. The maximum absolute atomic E-state index is 12.5. The summed E-state index contributed by atoms with van der Waals surface area (Å²) in [6, 6.07) is 6.61. The molecule has 2 aromatic heterocycles. The molecule has 0 aliphatic carbocycles. The minimum atomic E-state index is -0.252. The van der Waals surface area contributed by atoms with Crippen LogP contribution in [-0.4, -0.2) is 23.7 Å². The predicted octanol–water partition coefficient (Wildman–Crippen LogP) is 3.52. The fraction of sp³-hybridized carbons (Fsp3) is 0.222. The van der Waals surface area contributed by atoms with Gasteiger partial charge in [0.25, 0.3) is 0 Å². The number of pyridine rings is 1. The number of aromatic nitrogens is 1. The van der Waals surface area contributed by atoms with Crippen molar-refractivity contribution in [3.05, 3.63) is 51.1 Å². The lowest BCUT2D eigenvalue weighted by molar-refractivity contribution is -0.116. The standard InChI is InChI=1S/C18H15ClN2O4S/c19-11-8-15-16(25-6-1-5-24-15)9-12(11)20-17(23)10-21-4-2-14(22)18-13(21)3-7-26-18/h2-4,7-9H,1,5-6,10H2,(H,20,23). The van der Waals surface area contributed by atoms with Gasteiger partial charge in [0.2, 0.25) is 5.91 Å². The second kappa shape index (κ2) is 7.01. The molecule has 3 aromatic rings. The Labute approximate surface area is 157 Å². The van der Waals surface area contributed by atoms with Crippen molar-refractivity contribution in [2.24, 2.45) is 0 Å². The molecule has 0 spiro atoms. The monoisotopic (exact) mass is 390 g/mol. The van der Waals surface area contributed by atoms with Crippen molar-refractivity contribution in [3.8, 4) is 11.5 Å². The molecule has 8 heteroatoms. The molecule has 1 aliphatic heterocycles. The van der Waals surface area contributed by atoms with E-state index >= 15 is 0 Å². The van der Waals surface area contributed by atoms with Gasteiger partial charge in [0, 0.05) is 30.8 Å². The van der Waals surface area contributed by atoms with E-state index in [0.29, 0.717) is 40.1 Å². The SMILES string of the molecule is O=C(Cn1ccc(=O)c2sccc21)Nc1cc2c(cc1Cl)OCCCO2. The molecule has 0 fully saturated rings. The molecule has 3 heterocycles. The molecule has 0 bridgehead atoms. The summed E-state index contributed by atoms with van der Waals surface area (Å²) in [5.41, 5.74) is 1.16. The van der Waals surface area contributed by atoms with Crippen molar-refractivity contribution < 1.29 is 14.3 Å². The highest BCUT2D eigenvalue weighted by atomic mass is 35.5. The Morgan fingerprint density at radius 1 is 1.23 bits per heavy atom. The van der Waals surface area contributed by atoms with Crippen LogP contribution in [0.5, 0.6) is 11.5 Å². The van der Waals surface area contributed by atoms with E-state index in [0.717, 1.165) is 11.9 Å². The lowest BCUT2D eigenvalue weighted by atomic mass is 10.2. The molecular formula is C18H15ClN2O4S. The third-order valence-corrected chi connectivity index (χ3v) is 5.24. The zero-order chi connectivity index (χ0) is 18.1. The number of amides is 1. The molecule has 0 atom stereocenters. The number of ether oxygens (including phenoxy) is 2. The van der Waals surface area contributed by atoms with Gasteiger partial charge in [-0.05, 0) is 11.4 Å². The first-order chi connectivity index (χ1) is 12.6. The number of halogens is 1. The van der Waals surface area contributed by atoms with E-state index in [4.69, 9.17) is 21.1 Å². The van der Waals surface area contributed by atoms with Crippen LogP contribution < -0.4 is 20.2 Å². The van der Waals surface area contributed by atoms with Crippen LogP contribution in [0.1, 0.15) is 6.42 Å². The quantitative estimate of drug-likeness (QED) is 0.743. The molecule has 134 valence electrons. The number of carbonyl (C=O) groups is 1. The molecule has 0 saturated heterocycles. The zero-order valence-corrected chi connectivity index (χ0v) is 15.2. The van der Waals surface area contributed by atoms with E-state index in [-0.39, 0.29) is 17.9 Å². The van der Waals surface area contributed by atoms with Gasteiger partial charge in [-0.3, -0.25) is 9.59 Å². The van der Waals surface area contributed by atoms with Crippen molar-refractivity contribution in [3.63, 3.8) is 0 Å². The van der Waals surface area contributed by atoms with Gasteiger partial charge in [0.05, 0.1) is 34.1 Å². The topological polar surface area (TPSA) is 69.6 Å². The van der Waals surface area contributed by atoms with Gasteiger partial charge in [-0.25, -0.2) is 0 Å². The number of thiophene rings is 1. The summed E-state index contributed by atoms with van der Waals surface area (Å²) >= 11 is 7.63. The molecule has 0 radical (unpaired) electrons. The van der Waals surface area contributed by atoms with Crippen molar-refractivity contribution in [1.82, 2.24) is 4.57 Å². The molecular weight excluding hydrogens is 376 g/mol. The van der Waals surface area contributed by atoms with Crippen molar-refractivity contribution >= 4 is 44.7 Å². The highest BCUT2D eigenvalue weighted by molar-refractivity contribution is 7.17. The van der Waals surface area contributed by atoms with Gasteiger partial charge in [0.15, 0.2) is 16.9 Å². The Balaban J connectivity index is 1.56. The average molecular weight is 391 g/mol. The first-order valence-electron chi connectivity index (χ1n) is 8.07. The summed E-state index contributed by atoms with van der Waals surface area (Å²) in [5, 5.41) is 5.01. The Bertz CT molecular complexity index is 1040. The molecule has 1 aromatic carbocycles. The maximum Gasteiger partial charge on any atom is 0.244 e. The van der Waals surface area contributed by atoms with Crippen LogP contribution >= 0.6 is 22.9 Å². The van der Waals surface area contributed by atoms with Gasteiger partial charge in [-0.2, -0.15) is 0 Å². The molecule has 26 heavy (non-hydrogen) atoms. The molecule has 0 unspecified atom stereocenters. The fourth-order valence-corrected chi connectivity index (χ4v) is 3.81. The number of nitrogens with one attached hydrogen (secondary N) is 1. The molecule has 6 nitrogen and oxygen atoms in total. The van der Waals surface area contributed by atoms with E-state index in [9.17, 15) is 9.59 Å². The first-order valence-corrected chi connectivity index (χ1v) is 9.33. The van der Waals surface area contributed by atoms with Crippen LogP contribution in [0.15, 0.2) is 40.6 Å². The Kier molecular flexibility index (Phi) is 4.57. The lowest BCUT2D eigenvalue weighted by Crippen LogP contribution is -2.20. The first kappa shape index (κ1) is 16.9. The summed E-state index contributed by atoms with van der Waals surface area (Å²) in [6.45, 7) is 1.19. The largest absolute Gasteiger partial charge is 0.490 e. The Morgan fingerprint density at radius 2 is 2.00 bits per heavy atom. The van der Waals surface area contributed by atoms with E-state index in [2.05, 4.69) is 5.32 Å². The van der Waals surface area contributed by atoms with Crippen molar-refractivity contribution in [2.45, 2.75) is 13.0 Å². The number of hydrogen-bond donors (Lipinski definition) is 1. The van der Waals surface area contributed by atoms with Crippen LogP contribution in [0.25, 0.3) is 10.2 Å². The highest BCUT2D eigenvalue weighted by Gasteiger charge is 2.16. The predicted molar refractivity (Wildman–Crippen MR) is 102 cm³/mol. The third kappa shape index (κ3) is 3.27. The number of nitrogens with zero attached hydrogens (tertiary/aromatic N) is 1. The van der Waals surface area contributed by atoms with E-state index < -0.39 is 0 Å². The van der Waals surface area contributed by atoms with Crippen LogP contribution in [0.4, 0.5) is 5.69 Å². The molecule has 1 amide bonds. The normalized spacial score (nSPS) is 13.4. The lowest BCUT2D eigenvalue weighted by Gasteiger charge is -2.13. The number of benzene rings is 1. The minimum absolute atomic E-state index is 0.0439. The smallest absolute Gasteiger partial charge is 0.244 e. The molecule has 1 aliphatic rings. The third-order valence-electron chi connectivity index (χ3n) is 4.01. The maximum atomic E-state index is 12.5. The zero-order valence-electron chi connectivity index (χ0n) is 13.7. The number of anilines is 1. The number of rotatable bonds is 3.